The molecule has 1 fully saturated rings. The number of hydrogen-bond acceptors (Lipinski definition) is 3. The SMILES string of the molecule is CNC(C)C1CCCN(CC(=O)Nc2ccccc2F)C1. The third kappa shape index (κ3) is 4.51. The minimum absolute atomic E-state index is 0.155. The first kappa shape index (κ1) is 15.9. The van der Waals surface area contributed by atoms with Gasteiger partial charge in [0.2, 0.25) is 5.91 Å². The van der Waals surface area contributed by atoms with Crippen LogP contribution in [0.1, 0.15) is 19.8 Å². The van der Waals surface area contributed by atoms with Gasteiger partial charge < -0.3 is 10.6 Å². The van der Waals surface area contributed by atoms with Crippen molar-refractivity contribution in [1.82, 2.24) is 10.2 Å². The average Bonchev–Trinajstić information content (AvgIpc) is 2.49. The molecule has 0 radical (unpaired) electrons. The molecule has 1 aliphatic rings. The van der Waals surface area contributed by atoms with Crippen LogP contribution in [0.25, 0.3) is 0 Å². The molecule has 0 aromatic heterocycles. The zero-order chi connectivity index (χ0) is 15.2. The quantitative estimate of drug-likeness (QED) is 0.873. The van der Waals surface area contributed by atoms with Crippen molar-refractivity contribution in [3.63, 3.8) is 0 Å². The molecule has 0 aliphatic carbocycles. The highest BCUT2D eigenvalue weighted by Crippen LogP contribution is 2.19. The van der Waals surface area contributed by atoms with Gasteiger partial charge in [0.05, 0.1) is 12.2 Å². The lowest BCUT2D eigenvalue weighted by atomic mass is 9.92. The molecule has 1 heterocycles. The van der Waals surface area contributed by atoms with E-state index in [0.717, 1.165) is 19.5 Å². The molecule has 0 saturated carbocycles. The molecule has 4 nitrogen and oxygen atoms in total. The lowest BCUT2D eigenvalue weighted by Gasteiger charge is -2.35. The van der Waals surface area contributed by atoms with Crippen molar-refractivity contribution in [2.45, 2.75) is 25.8 Å². The van der Waals surface area contributed by atoms with Crippen LogP contribution in [0.2, 0.25) is 0 Å². The van der Waals surface area contributed by atoms with Gasteiger partial charge in [-0.1, -0.05) is 12.1 Å². The summed E-state index contributed by atoms with van der Waals surface area (Å²) in [6.45, 7) is 4.33. The van der Waals surface area contributed by atoms with E-state index >= 15 is 0 Å². The van der Waals surface area contributed by atoms with Crippen molar-refractivity contribution in [3.8, 4) is 0 Å². The first-order valence-corrected chi connectivity index (χ1v) is 7.54. The third-order valence-electron chi connectivity index (χ3n) is 4.22. The molecule has 1 aliphatic heterocycles. The van der Waals surface area contributed by atoms with E-state index in [-0.39, 0.29) is 11.6 Å². The summed E-state index contributed by atoms with van der Waals surface area (Å²) in [5.41, 5.74) is 0.250. The number of nitrogens with zero attached hydrogens (tertiary/aromatic N) is 1. The molecule has 1 aromatic rings. The van der Waals surface area contributed by atoms with Crippen LogP contribution >= 0.6 is 0 Å². The van der Waals surface area contributed by atoms with Crippen LogP contribution in [-0.4, -0.2) is 43.5 Å². The first-order chi connectivity index (χ1) is 10.1. The van der Waals surface area contributed by atoms with Crippen LogP contribution in [0.4, 0.5) is 10.1 Å². The molecule has 116 valence electrons. The number of piperidine rings is 1. The van der Waals surface area contributed by atoms with Gasteiger partial charge in [-0.25, -0.2) is 4.39 Å². The fourth-order valence-electron chi connectivity index (χ4n) is 2.83. The summed E-state index contributed by atoms with van der Waals surface area (Å²) in [4.78, 5) is 14.2. The molecule has 2 unspecified atom stereocenters. The molecule has 2 N–H and O–H groups in total. The normalized spacial score (nSPS) is 21.0. The summed E-state index contributed by atoms with van der Waals surface area (Å²) in [5.74, 6) is 0.00838. The Balaban J connectivity index is 1.86. The van der Waals surface area contributed by atoms with Crippen molar-refractivity contribution in [3.05, 3.63) is 30.1 Å². The van der Waals surface area contributed by atoms with Crippen molar-refractivity contribution >= 4 is 11.6 Å². The number of benzene rings is 1. The number of para-hydroxylation sites is 1. The van der Waals surface area contributed by atoms with E-state index in [1.54, 1.807) is 18.2 Å². The monoisotopic (exact) mass is 293 g/mol. The van der Waals surface area contributed by atoms with Gasteiger partial charge in [0.25, 0.3) is 0 Å². The second-order valence-electron chi connectivity index (χ2n) is 5.74. The van der Waals surface area contributed by atoms with E-state index in [1.165, 1.54) is 12.5 Å². The smallest absolute Gasteiger partial charge is 0.238 e. The minimum atomic E-state index is -0.397. The summed E-state index contributed by atoms with van der Waals surface area (Å²) < 4.78 is 13.5. The summed E-state index contributed by atoms with van der Waals surface area (Å²) in [6, 6.07) is 6.70. The highest BCUT2D eigenvalue weighted by atomic mass is 19.1. The number of likely N-dealkylation sites (tertiary alicyclic amines) is 1. The second kappa shape index (κ2) is 7.52. The maximum absolute atomic E-state index is 13.5. The van der Waals surface area contributed by atoms with Crippen LogP contribution in [0, 0.1) is 11.7 Å². The molecular formula is C16H24FN3O. The fourth-order valence-corrected chi connectivity index (χ4v) is 2.83. The van der Waals surface area contributed by atoms with Crippen LogP contribution < -0.4 is 10.6 Å². The van der Waals surface area contributed by atoms with Gasteiger partial charge in [-0.3, -0.25) is 9.69 Å². The summed E-state index contributed by atoms with van der Waals surface area (Å²) >= 11 is 0. The van der Waals surface area contributed by atoms with Crippen molar-refractivity contribution in [1.29, 1.82) is 0 Å². The van der Waals surface area contributed by atoms with Gasteiger partial charge in [0.15, 0.2) is 0 Å². The van der Waals surface area contributed by atoms with Crippen LogP contribution in [-0.2, 0) is 4.79 Å². The molecule has 0 spiro atoms. The molecule has 5 heteroatoms. The topological polar surface area (TPSA) is 44.4 Å². The van der Waals surface area contributed by atoms with E-state index in [4.69, 9.17) is 0 Å². The summed E-state index contributed by atoms with van der Waals surface area (Å²) in [7, 11) is 1.97. The zero-order valence-electron chi connectivity index (χ0n) is 12.7. The molecular weight excluding hydrogens is 269 g/mol. The van der Waals surface area contributed by atoms with Gasteiger partial charge in [-0.05, 0) is 51.4 Å². The molecule has 21 heavy (non-hydrogen) atoms. The Labute approximate surface area is 125 Å². The summed E-state index contributed by atoms with van der Waals surface area (Å²) in [6.07, 6.45) is 2.29. The Hall–Kier alpha value is -1.46. The molecule has 1 amide bonds. The Bertz CT molecular complexity index is 480. The van der Waals surface area contributed by atoms with E-state index in [0.29, 0.717) is 18.5 Å². The maximum atomic E-state index is 13.5. The predicted octanol–water partition coefficient (Wildman–Crippen LogP) is 2.08. The Kier molecular flexibility index (Phi) is 5.70. The third-order valence-corrected chi connectivity index (χ3v) is 4.22. The lowest BCUT2D eigenvalue weighted by molar-refractivity contribution is -0.117. The Morgan fingerprint density at radius 2 is 2.24 bits per heavy atom. The largest absolute Gasteiger partial charge is 0.322 e. The fraction of sp³-hybridized carbons (Fsp3) is 0.562. The predicted molar refractivity (Wildman–Crippen MR) is 82.7 cm³/mol. The van der Waals surface area contributed by atoms with Crippen LogP contribution in [0.15, 0.2) is 24.3 Å². The van der Waals surface area contributed by atoms with Gasteiger partial charge in [0, 0.05) is 12.6 Å². The van der Waals surface area contributed by atoms with Gasteiger partial charge in [-0.15, -0.1) is 0 Å². The van der Waals surface area contributed by atoms with Crippen LogP contribution in [0.3, 0.4) is 0 Å². The first-order valence-electron chi connectivity index (χ1n) is 7.54. The number of anilines is 1. The maximum Gasteiger partial charge on any atom is 0.238 e. The number of amides is 1. The Morgan fingerprint density at radius 3 is 2.95 bits per heavy atom. The van der Waals surface area contributed by atoms with Crippen molar-refractivity contribution in [2.75, 3.05) is 32.0 Å². The van der Waals surface area contributed by atoms with E-state index < -0.39 is 5.82 Å². The van der Waals surface area contributed by atoms with E-state index in [1.807, 2.05) is 7.05 Å². The summed E-state index contributed by atoms with van der Waals surface area (Å²) in [5, 5.41) is 5.92. The van der Waals surface area contributed by atoms with E-state index in [9.17, 15) is 9.18 Å². The lowest BCUT2D eigenvalue weighted by Crippen LogP contribution is -2.45. The van der Waals surface area contributed by atoms with Crippen molar-refractivity contribution in [2.24, 2.45) is 5.92 Å². The highest BCUT2D eigenvalue weighted by Gasteiger charge is 2.25. The van der Waals surface area contributed by atoms with Crippen molar-refractivity contribution < 1.29 is 9.18 Å². The number of carbonyl (C=O) groups is 1. The molecule has 2 atom stereocenters. The molecule has 2 rings (SSSR count). The van der Waals surface area contributed by atoms with E-state index in [2.05, 4.69) is 22.5 Å². The number of hydrogen-bond donors (Lipinski definition) is 2. The van der Waals surface area contributed by atoms with Gasteiger partial charge >= 0.3 is 0 Å². The number of nitrogens with one attached hydrogen (secondary N) is 2. The number of halogens is 1. The van der Waals surface area contributed by atoms with Gasteiger partial charge in [-0.2, -0.15) is 0 Å². The number of carbonyl (C=O) groups excluding carboxylic acids is 1. The van der Waals surface area contributed by atoms with Crippen LogP contribution in [0.5, 0.6) is 0 Å². The zero-order valence-corrected chi connectivity index (χ0v) is 12.7. The molecule has 0 bridgehead atoms. The Morgan fingerprint density at radius 1 is 1.48 bits per heavy atom. The number of rotatable bonds is 5. The molecule has 1 saturated heterocycles. The average molecular weight is 293 g/mol. The van der Waals surface area contributed by atoms with Gasteiger partial charge in [0.1, 0.15) is 5.82 Å². The standard InChI is InChI=1S/C16H24FN3O/c1-12(18-2)13-6-5-9-20(10-13)11-16(21)19-15-8-4-3-7-14(15)17/h3-4,7-8,12-13,18H,5-6,9-11H2,1-2H3,(H,19,21). The second-order valence-corrected chi connectivity index (χ2v) is 5.74. The molecule has 1 aromatic carbocycles. The minimum Gasteiger partial charge on any atom is -0.322 e. The highest BCUT2D eigenvalue weighted by molar-refractivity contribution is 5.92.